The molecule has 1 heterocycles. The van der Waals surface area contributed by atoms with E-state index in [9.17, 15) is 4.79 Å². The third-order valence-corrected chi connectivity index (χ3v) is 5.15. The Bertz CT molecular complexity index is 970. The minimum Gasteiger partial charge on any atom is -0.485 e. The lowest BCUT2D eigenvalue weighted by molar-refractivity contribution is -0.113. The molecule has 2 aromatic carbocycles. The van der Waals surface area contributed by atoms with Gasteiger partial charge in [0.15, 0.2) is 5.82 Å². The number of carbonyl (C=O) groups is 1. The first-order chi connectivity index (χ1) is 13.4. The Morgan fingerprint density at radius 3 is 2.64 bits per heavy atom. The molecule has 1 amide bonds. The minimum absolute atomic E-state index is 0.131. The third kappa shape index (κ3) is 5.27. The van der Waals surface area contributed by atoms with Crippen molar-refractivity contribution in [2.24, 2.45) is 0 Å². The Kier molecular flexibility index (Phi) is 6.59. The molecule has 0 aliphatic rings. The third-order valence-electron chi connectivity index (χ3n) is 4.07. The highest BCUT2D eigenvalue weighted by molar-refractivity contribution is 7.99. The van der Waals surface area contributed by atoms with Crippen LogP contribution in [0.15, 0.2) is 41.6 Å². The Labute approximate surface area is 173 Å². The summed E-state index contributed by atoms with van der Waals surface area (Å²) in [6, 6.07) is 11.3. The number of nitrogens with zero attached hydrogens (tertiary/aromatic N) is 2. The number of hydrogen-bond donors (Lipinski definition) is 2. The summed E-state index contributed by atoms with van der Waals surface area (Å²) >= 11 is 7.19. The van der Waals surface area contributed by atoms with Gasteiger partial charge in [-0.1, -0.05) is 41.6 Å². The maximum atomic E-state index is 12.2. The second kappa shape index (κ2) is 9.12. The van der Waals surface area contributed by atoms with Crippen molar-refractivity contribution in [2.45, 2.75) is 32.5 Å². The summed E-state index contributed by atoms with van der Waals surface area (Å²) in [7, 11) is 0. The fraction of sp³-hybridized carbons (Fsp3) is 0.250. The molecule has 0 aliphatic carbocycles. The molecule has 0 radical (unpaired) electrons. The molecule has 0 unspecified atom stereocenters. The summed E-state index contributed by atoms with van der Waals surface area (Å²) < 4.78 is 5.86. The standard InChI is InChI=1S/C20H21ClN4O2S/c1-12-5-4-6-13(2)19(12)27-10-17-23-20(25-24-17)28-11-18(26)22-16-8-7-15(21)9-14(16)3/h4-9H,10-11H2,1-3H3,(H,22,26)(H,23,24,25). The highest BCUT2D eigenvalue weighted by Gasteiger charge is 2.11. The average Bonchev–Trinajstić information content (AvgIpc) is 3.10. The topological polar surface area (TPSA) is 79.9 Å². The second-order valence-electron chi connectivity index (χ2n) is 6.37. The normalized spacial score (nSPS) is 10.7. The van der Waals surface area contributed by atoms with Gasteiger partial charge in [-0.15, -0.1) is 5.10 Å². The van der Waals surface area contributed by atoms with Crippen molar-refractivity contribution >= 4 is 35.0 Å². The van der Waals surface area contributed by atoms with Crippen molar-refractivity contribution < 1.29 is 9.53 Å². The number of halogens is 1. The quantitative estimate of drug-likeness (QED) is 0.546. The Hall–Kier alpha value is -2.51. The van der Waals surface area contributed by atoms with Crippen molar-refractivity contribution in [2.75, 3.05) is 11.1 Å². The number of nitrogens with one attached hydrogen (secondary N) is 2. The van der Waals surface area contributed by atoms with E-state index in [2.05, 4.69) is 20.5 Å². The number of anilines is 1. The number of rotatable bonds is 7. The van der Waals surface area contributed by atoms with Gasteiger partial charge < -0.3 is 10.1 Å². The lowest BCUT2D eigenvalue weighted by atomic mass is 10.1. The number of aryl methyl sites for hydroxylation is 3. The number of carbonyl (C=O) groups excluding carboxylic acids is 1. The van der Waals surface area contributed by atoms with Gasteiger partial charge in [0, 0.05) is 10.7 Å². The summed E-state index contributed by atoms with van der Waals surface area (Å²) in [4.78, 5) is 16.5. The van der Waals surface area contributed by atoms with E-state index in [0.29, 0.717) is 16.0 Å². The molecule has 6 nitrogen and oxygen atoms in total. The van der Waals surface area contributed by atoms with Crippen LogP contribution in [0.4, 0.5) is 5.69 Å². The molecular weight excluding hydrogens is 396 g/mol. The van der Waals surface area contributed by atoms with Gasteiger partial charge in [0.05, 0.1) is 5.75 Å². The van der Waals surface area contributed by atoms with E-state index in [1.54, 1.807) is 12.1 Å². The molecular formula is C20H21ClN4O2S. The maximum Gasteiger partial charge on any atom is 0.234 e. The number of thioether (sulfide) groups is 1. The van der Waals surface area contributed by atoms with Gasteiger partial charge in [-0.05, 0) is 55.7 Å². The van der Waals surface area contributed by atoms with Crippen LogP contribution < -0.4 is 10.1 Å². The zero-order valence-electron chi connectivity index (χ0n) is 15.9. The van der Waals surface area contributed by atoms with E-state index in [0.717, 1.165) is 28.1 Å². The molecule has 0 bridgehead atoms. The van der Waals surface area contributed by atoms with Crippen LogP contribution >= 0.6 is 23.4 Å². The van der Waals surface area contributed by atoms with Crippen molar-refractivity contribution in [1.29, 1.82) is 0 Å². The molecule has 0 spiro atoms. The van der Waals surface area contributed by atoms with Crippen LogP contribution in [-0.4, -0.2) is 26.8 Å². The van der Waals surface area contributed by atoms with Gasteiger partial charge in [0.25, 0.3) is 0 Å². The van der Waals surface area contributed by atoms with Gasteiger partial charge in [-0.25, -0.2) is 4.98 Å². The smallest absolute Gasteiger partial charge is 0.234 e. The SMILES string of the molecule is Cc1cc(Cl)ccc1NC(=O)CSc1n[nH]c(COc2c(C)cccc2C)n1. The van der Waals surface area contributed by atoms with Crippen molar-refractivity contribution in [3.63, 3.8) is 0 Å². The van der Waals surface area contributed by atoms with Crippen LogP contribution in [0.25, 0.3) is 0 Å². The summed E-state index contributed by atoms with van der Waals surface area (Å²) in [5.41, 5.74) is 3.80. The Balaban J connectivity index is 1.51. The zero-order valence-corrected chi connectivity index (χ0v) is 17.4. The molecule has 1 aromatic heterocycles. The maximum absolute atomic E-state index is 12.2. The van der Waals surface area contributed by atoms with E-state index in [-0.39, 0.29) is 18.3 Å². The molecule has 28 heavy (non-hydrogen) atoms. The minimum atomic E-state index is -0.131. The summed E-state index contributed by atoms with van der Waals surface area (Å²) in [6.45, 7) is 6.19. The molecule has 0 aliphatic heterocycles. The summed E-state index contributed by atoms with van der Waals surface area (Å²) in [5, 5.41) is 11.0. The monoisotopic (exact) mass is 416 g/mol. The molecule has 146 valence electrons. The van der Waals surface area contributed by atoms with Crippen molar-refractivity contribution in [1.82, 2.24) is 15.2 Å². The van der Waals surface area contributed by atoms with Crippen LogP contribution in [0.1, 0.15) is 22.5 Å². The fourth-order valence-corrected chi connectivity index (χ4v) is 3.50. The molecule has 0 atom stereocenters. The first-order valence-corrected chi connectivity index (χ1v) is 10.1. The van der Waals surface area contributed by atoms with Gasteiger partial charge >= 0.3 is 0 Å². The molecule has 3 rings (SSSR count). The number of para-hydroxylation sites is 1. The van der Waals surface area contributed by atoms with Gasteiger partial charge in [0.2, 0.25) is 11.1 Å². The Morgan fingerprint density at radius 2 is 1.93 bits per heavy atom. The number of hydrogen-bond acceptors (Lipinski definition) is 5. The average molecular weight is 417 g/mol. The molecule has 0 saturated heterocycles. The van der Waals surface area contributed by atoms with Gasteiger partial charge in [-0.3, -0.25) is 9.89 Å². The van der Waals surface area contributed by atoms with Crippen molar-refractivity contribution in [3.8, 4) is 5.75 Å². The predicted octanol–water partition coefficient (Wildman–Crippen LogP) is 4.69. The highest BCUT2D eigenvalue weighted by atomic mass is 35.5. The van der Waals surface area contributed by atoms with Crippen LogP contribution in [-0.2, 0) is 11.4 Å². The first kappa shape index (κ1) is 20.2. The first-order valence-electron chi connectivity index (χ1n) is 8.71. The predicted molar refractivity (Wildman–Crippen MR) is 112 cm³/mol. The lowest BCUT2D eigenvalue weighted by Gasteiger charge is -2.10. The number of H-pyrrole nitrogens is 1. The van der Waals surface area contributed by atoms with E-state index in [1.807, 2.05) is 45.0 Å². The highest BCUT2D eigenvalue weighted by Crippen LogP contribution is 2.23. The van der Waals surface area contributed by atoms with Crippen LogP contribution in [0.5, 0.6) is 5.75 Å². The fourth-order valence-electron chi connectivity index (χ4n) is 2.66. The number of aromatic amines is 1. The van der Waals surface area contributed by atoms with Crippen LogP contribution in [0, 0.1) is 20.8 Å². The van der Waals surface area contributed by atoms with Crippen LogP contribution in [0.3, 0.4) is 0 Å². The lowest BCUT2D eigenvalue weighted by Crippen LogP contribution is -2.14. The second-order valence-corrected chi connectivity index (χ2v) is 7.75. The zero-order chi connectivity index (χ0) is 20.1. The summed E-state index contributed by atoms with van der Waals surface area (Å²) in [6.07, 6.45) is 0. The van der Waals surface area contributed by atoms with Gasteiger partial charge in [-0.2, -0.15) is 0 Å². The molecule has 3 aromatic rings. The summed E-state index contributed by atoms with van der Waals surface area (Å²) in [5.74, 6) is 1.54. The van der Waals surface area contributed by atoms with Crippen molar-refractivity contribution in [3.05, 3.63) is 63.9 Å². The number of ether oxygens (including phenoxy) is 1. The van der Waals surface area contributed by atoms with Gasteiger partial charge in [0.1, 0.15) is 12.4 Å². The largest absolute Gasteiger partial charge is 0.485 e. The molecule has 8 heteroatoms. The van der Waals surface area contributed by atoms with E-state index in [1.165, 1.54) is 11.8 Å². The van der Waals surface area contributed by atoms with Crippen LogP contribution in [0.2, 0.25) is 5.02 Å². The molecule has 0 fully saturated rings. The molecule has 2 N–H and O–H groups in total. The van der Waals surface area contributed by atoms with E-state index >= 15 is 0 Å². The number of aromatic nitrogens is 3. The Morgan fingerprint density at radius 1 is 1.18 bits per heavy atom. The van der Waals surface area contributed by atoms with E-state index in [4.69, 9.17) is 16.3 Å². The van der Waals surface area contributed by atoms with E-state index < -0.39 is 0 Å². The number of amides is 1. The molecule has 0 saturated carbocycles. The number of benzene rings is 2.